The molecule has 2 heterocycles. The van der Waals surface area contributed by atoms with Crippen LogP contribution >= 0.6 is 11.9 Å². The number of carbonyl (C=O) groups excluding carboxylic acids is 1. The van der Waals surface area contributed by atoms with Crippen molar-refractivity contribution >= 4 is 17.9 Å². The number of nitrogens with one attached hydrogen (secondary N) is 1. The van der Waals surface area contributed by atoms with Crippen molar-refractivity contribution in [3.8, 4) is 11.1 Å². The highest BCUT2D eigenvalue weighted by Crippen LogP contribution is 2.34. The van der Waals surface area contributed by atoms with Gasteiger partial charge in [-0.2, -0.15) is 13.2 Å². The van der Waals surface area contributed by atoms with Crippen LogP contribution in [0.15, 0.2) is 59.8 Å². The van der Waals surface area contributed by atoms with Crippen molar-refractivity contribution < 1.29 is 26.7 Å². The Morgan fingerprint density at radius 3 is 2.40 bits per heavy atom. The minimum Gasteiger partial charge on any atom is -0.351 e. The van der Waals surface area contributed by atoms with Crippen molar-refractivity contribution in [1.29, 1.82) is 0 Å². The second kappa shape index (κ2) is 10.3. The Hall–Kier alpha value is -3.05. The lowest BCUT2D eigenvalue weighted by molar-refractivity contribution is -0.145. The Kier molecular flexibility index (Phi) is 7.36. The van der Waals surface area contributed by atoms with Gasteiger partial charge >= 0.3 is 6.18 Å². The van der Waals surface area contributed by atoms with E-state index < -0.39 is 23.9 Å². The Labute approximate surface area is 202 Å². The topological polar surface area (TPSA) is 58.1 Å². The molecule has 2 aromatic carbocycles. The molecule has 1 fully saturated rings. The standard InChI is InChI=1S/C24H21F5N4OS/c1-14-6-21(33(13-14)35-20-4-2-18(25)3-5-20)22(34)30-10-15-7-16(9-19(26)8-15)17-11-31-23(32-12-17)24(27,28)29/h2-5,7-9,11-12,14,21H,6,10,13H2,1H3,(H,30,34). The van der Waals surface area contributed by atoms with Crippen LogP contribution in [0, 0.1) is 17.6 Å². The average molecular weight is 509 g/mol. The number of aromatic nitrogens is 2. The number of benzene rings is 2. The molecule has 4 rings (SSSR count). The quantitative estimate of drug-likeness (QED) is 0.353. The van der Waals surface area contributed by atoms with Gasteiger partial charge in [-0.1, -0.05) is 6.92 Å². The summed E-state index contributed by atoms with van der Waals surface area (Å²) >= 11 is 1.38. The maximum Gasteiger partial charge on any atom is 0.451 e. The molecule has 0 bridgehead atoms. The average Bonchev–Trinajstić information content (AvgIpc) is 3.18. The minimum atomic E-state index is -4.67. The molecule has 184 valence electrons. The van der Waals surface area contributed by atoms with Crippen LogP contribution in [0.4, 0.5) is 22.0 Å². The summed E-state index contributed by atoms with van der Waals surface area (Å²) in [5.74, 6) is -2.17. The summed E-state index contributed by atoms with van der Waals surface area (Å²) in [6.07, 6.45) is -2.07. The third kappa shape index (κ3) is 6.34. The largest absolute Gasteiger partial charge is 0.451 e. The molecule has 0 spiro atoms. The van der Waals surface area contributed by atoms with Crippen LogP contribution < -0.4 is 5.32 Å². The molecule has 0 aliphatic carbocycles. The van der Waals surface area contributed by atoms with Gasteiger partial charge in [0.15, 0.2) is 0 Å². The maximum atomic E-state index is 14.2. The first-order valence-electron chi connectivity index (χ1n) is 10.8. The molecule has 2 atom stereocenters. The first kappa shape index (κ1) is 25.1. The summed E-state index contributed by atoms with van der Waals surface area (Å²) in [4.78, 5) is 20.4. The number of halogens is 5. The van der Waals surface area contributed by atoms with Crippen molar-refractivity contribution in [3.05, 3.63) is 77.9 Å². The number of carbonyl (C=O) groups is 1. The van der Waals surface area contributed by atoms with Crippen LogP contribution in [-0.2, 0) is 17.5 Å². The molecule has 1 saturated heterocycles. The summed E-state index contributed by atoms with van der Waals surface area (Å²) in [5.41, 5.74) is 0.958. The Balaban J connectivity index is 1.43. The number of alkyl halides is 3. The van der Waals surface area contributed by atoms with Crippen LogP contribution in [0.2, 0.25) is 0 Å². The lowest BCUT2D eigenvalue weighted by atomic mass is 10.0. The molecule has 3 aromatic rings. The normalized spacial score (nSPS) is 18.6. The molecule has 1 aromatic heterocycles. The predicted molar refractivity (Wildman–Crippen MR) is 121 cm³/mol. The molecule has 35 heavy (non-hydrogen) atoms. The fraction of sp³-hybridized carbons (Fsp3) is 0.292. The van der Waals surface area contributed by atoms with Gasteiger partial charge < -0.3 is 5.32 Å². The van der Waals surface area contributed by atoms with Crippen LogP contribution in [0.1, 0.15) is 24.7 Å². The fourth-order valence-electron chi connectivity index (χ4n) is 3.83. The molecule has 0 radical (unpaired) electrons. The number of hydrogen-bond donors (Lipinski definition) is 1. The molecular weight excluding hydrogens is 487 g/mol. The molecule has 1 aliphatic heterocycles. The molecule has 2 unspecified atom stereocenters. The van der Waals surface area contributed by atoms with Crippen molar-refractivity contribution in [2.24, 2.45) is 5.92 Å². The van der Waals surface area contributed by atoms with Crippen LogP contribution in [0.5, 0.6) is 0 Å². The second-order valence-electron chi connectivity index (χ2n) is 8.36. The van der Waals surface area contributed by atoms with E-state index in [0.29, 0.717) is 24.1 Å². The van der Waals surface area contributed by atoms with Crippen molar-refractivity contribution in [2.75, 3.05) is 6.54 Å². The van der Waals surface area contributed by atoms with E-state index >= 15 is 0 Å². The molecule has 1 aliphatic rings. The van der Waals surface area contributed by atoms with E-state index in [1.165, 1.54) is 30.1 Å². The molecular formula is C24H21F5N4OS. The summed E-state index contributed by atoms with van der Waals surface area (Å²) in [7, 11) is 0. The Morgan fingerprint density at radius 2 is 1.74 bits per heavy atom. The highest BCUT2D eigenvalue weighted by molar-refractivity contribution is 7.97. The van der Waals surface area contributed by atoms with E-state index in [0.717, 1.165) is 23.4 Å². The van der Waals surface area contributed by atoms with Gasteiger partial charge in [0.25, 0.3) is 0 Å². The van der Waals surface area contributed by atoms with Gasteiger partial charge in [0.1, 0.15) is 11.6 Å². The van der Waals surface area contributed by atoms with Gasteiger partial charge in [-0.05, 0) is 77.9 Å². The monoisotopic (exact) mass is 508 g/mol. The number of amides is 1. The number of nitrogens with zero attached hydrogens (tertiary/aromatic N) is 3. The Bertz CT molecular complexity index is 1190. The van der Waals surface area contributed by atoms with Gasteiger partial charge in [-0.15, -0.1) is 0 Å². The molecule has 1 N–H and O–H groups in total. The molecule has 11 heteroatoms. The van der Waals surface area contributed by atoms with Crippen LogP contribution in [0.25, 0.3) is 11.1 Å². The highest BCUT2D eigenvalue weighted by Gasteiger charge is 2.36. The first-order chi connectivity index (χ1) is 16.6. The van der Waals surface area contributed by atoms with Gasteiger partial charge in [0, 0.05) is 35.9 Å². The summed E-state index contributed by atoms with van der Waals surface area (Å²) < 4.78 is 67.5. The van der Waals surface area contributed by atoms with Gasteiger partial charge in [0.2, 0.25) is 11.7 Å². The van der Waals surface area contributed by atoms with Gasteiger partial charge in [-0.25, -0.2) is 23.1 Å². The third-order valence-electron chi connectivity index (χ3n) is 5.47. The van der Waals surface area contributed by atoms with Crippen LogP contribution in [-0.4, -0.2) is 32.8 Å². The summed E-state index contributed by atoms with van der Waals surface area (Å²) in [6, 6.07) is 9.58. The second-order valence-corrected chi connectivity index (χ2v) is 9.48. The summed E-state index contributed by atoms with van der Waals surface area (Å²) in [5, 5.41) is 2.82. The smallest absolute Gasteiger partial charge is 0.351 e. The van der Waals surface area contributed by atoms with Gasteiger partial charge in [0.05, 0.1) is 6.04 Å². The lowest BCUT2D eigenvalue weighted by Gasteiger charge is -2.22. The van der Waals surface area contributed by atoms with E-state index in [-0.39, 0.29) is 29.8 Å². The Morgan fingerprint density at radius 1 is 1.06 bits per heavy atom. The molecule has 5 nitrogen and oxygen atoms in total. The SMILES string of the molecule is CC1CC(C(=O)NCc2cc(F)cc(-c3cnc(C(F)(F)F)nc3)c2)N(Sc2ccc(F)cc2)C1. The number of hydrogen-bond acceptors (Lipinski definition) is 5. The number of rotatable bonds is 6. The van der Waals surface area contributed by atoms with E-state index in [1.54, 1.807) is 18.2 Å². The van der Waals surface area contributed by atoms with E-state index in [2.05, 4.69) is 15.3 Å². The van der Waals surface area contributed by atoms with E-state index in [4.69, 9.17) is 0 Å². The minimum absolute atomic E-state index is 0.0328. The van der Waals surface area contributed by atoms with Crippen LogP contribution in [0.3, 0.4) is 0 Å². The lowest BCUT2D eigenvalue weighted by Crippen LogP contribution is -2.40. The summed E-state index contributed by atoms with van der Waals surface area (Å²) in [6.45, 7) is 2.75. The van der Waals surface area contributed by atoms with Crippen molar-refractivity contribution in [1.82, 2.24) is 19.6 Å². The van der Waals surface area contributed by atoms with Crippen molar-refractivity contribution in [3.63, 3.8) is 0 Å². The zero-order valence-electron chi connectivity index (χ0n) is 18.5. The maximum absolute atomic E-state index is 14.2. The van der Waals surface area contributed by atoms with Gasteiger partial charge in [-0.3, -0.25) is 4.79 Å². The first-order valence-corrected chi connectivity index (χ1v) is 11.5. The zero-order valence-corrected chi connectivity index (χ0v) is 19.3. The van der Waals surface area contributed by atoms with E-state index in [1.807, 2.05) is 11.2 Å². The van der Waals surface area contributed by atoms with E-state index in [9.17, 15) is 26.7 Å². The van der Waals surface area contributed by atoms with Crippen molar-refractivity contribution in [2.45, 2.75) is 37.0 Å². The fourth-order valence-corrected chi connectivity index (χ4v) is 4.99. The molecule has 1 amide bonds. The molecule has 0 saturated carbocycles. The predicted octanol–water partition coefficient (Wildman–Crippen LogP) is 5.47. The highest BCUT2D eigenvalue weighted by atomic mass is 32.2. The third-order valence-corrected chi connectivity index (χ3v) is 6.59. The zero-order chi connectivity index (χ0) is 25.2.